The Balaban J connectivity index is 3.05. The number of halogens is 7. The molecule has 1 aromatic rings. The summed E-state index contributed by atoms with van der Waals surface area (Å²) < 4.78 is 71.4. The van der Waals surface area contributed by atoms with Crippen LogP contribution in [0.4, 0.5) is 26.3 Å². The molecule has 0 saturated carbocycles. The predicted octanol–water partition coefficient (Wildman–Crippen LogP) is 4.12. The van der Waals surface area contributed by atoms with Crippen molar-refractivity contribution in [3.63, 3.8) is 0 Å². The average Bonchev–Trinajstić information content (AvgIpc) is 2.35. The molecule has 0 spiro atoms. The summed E-state index contributed by atoms with van der Waals surface area (Å²) in [5, 5.41) is 1.72. The van der Waals surface area contributed by atoms with E-state index in [-0.39, 0.29) is 0 Å². The molecule has 0 radical (unpaired) electrons. The van der Waals surface area contributed by atoms with Crippen LogP contribution in [0.15, 0.2) is 30.3 Å². The molecule has 21 heavy (non-hydrogen) atoms. The fourth-order valence-electron chi connectivity index (χ4n) is 1.54. The molecule has 0 saturated heterocycles. The van der Waals surface area contributed by atoms with Crippen molar-refractivity contribution in [2.75, 3.05) is 0 Å². The molecule has 9 heteroatoms. The van der Waals surface area contributed by atoms with Crippen LogP contribution in [0.2, 0.25) is 0 Å². The Kier molecular flexibility index (Phi) is 4.97. The normalized spacial score (nSPS) is 14.7. The minimum absolute atomic E-state index is 0.380. The summed E-state index contributed by atoms with van der Waals surface area (Å²) in [7, 11) is 0. The second-order valence-corrected chi connectivity index (χ2v) is 5.45. The van der Waals surface area contributed by atoms with Gasteiger partial charge in [-0.3, -0.25) is 4.79 Å². The second kappa shape index (κ2) is 5.86. The Labute approximate surface area is 124 Å². The lowest BCUT2D eigenvalue weighted by Gasteiger charge is -2.31. The van der Waals surface area contributed by atoms with Gasteiger partial charge in [-0.15, -0.1) is 0 Å². The molecule has 0 unspecified atom stereocenters. The molecular formula is C12H10BrF6NO. The van der Waals surface area contributed by atoms with Gasteiger partial charge in [0, 0.05) is 0 Å². The van der Waals surface area contributed by atoms with Gasteiger partial charge in [0.15, 0.2) is 0 Å². The molecule has 0 heterocycles. The molecule has 0 aliphatic rings. The minimum Gasteiger partial charge on any atom is -0.348 e. The summed E-state index contributed by atoms with van der Waals surface area (Å²) in [6.45, 7) is 1.29. The van der Waals surface area contributed by atoms with E-state index in [1.807, 2.05) is 0 Å². The van der Waals surface area contributed by atoms with Gasteiger partial charge in [-0.2, -0.15) is 26.3 Å². The Bertz CT molecular complexity index is 485. The molecule has 0 bridgehead atoms. The number of amides is 1. The van der Waals surface area contributed by atoms with E-state index < -0.39 is 28.6 Å². The minimum atomic E-state index is -5.83. The molecule has 0 fully saturated rings. The fraction of sp³-hybridized carbons (Fsp3) is 0.417. The Hall–Kier alpha value is -1.25. The lowest BCUT2D eigenvalue weighted by molar-refractivity contribution is -0.255. The number of benzene rings is 1. The average molecular weight is 378 g/mol. The summed E-state index contributed by atoms with van der Waals surface area (Å²) in [6, 6.07) is 6.66. The molecule has 1 atom stereocenters. The van der Waals surface area contributed by atoms with Crippen LogP contribution in [0, 0.1) is 0 Å². The third-order valence-corrected chi connectivity index (χ3v) is 4.00. The topological polar surface area (TPSA) is 29.1 Å². The number of alkyl halides is 7. The van der Waals surface area contributed by atoms with Gasteiger partial charge in [0.25, 0.3) is 10.2 Å². The zero-order valence-corrected chi connectivity index (χ0v) is 12.1. The molecular weight excluding hydrogens is 368 g/mol. The third-order valence-electron chi connectivity index (χ3n) is 2.74. The van der Waals surface area contributed by atoms with Gasteiger partial charge in [-0.1, -0.05) is 46.3 Å². The van der Waals surface area contributed by atoms with E-state index in [1.165, 1.54) is 35.0 Å². The van der Waals surface area contributed by atoms with Gasteiger partial charge in [-0.05, 0) is 12.5 Å². The maximum atomic E-state index is 12.7. The van der Waals surface area contributed by atoms with Crippen molar-refractivity contribution in [3.05, 3.63) is 35.9 Å². The van der Waals surface area contributed by atoms with Crippen molar-refractivity contribution in [2.24, 2.45) is 0 Å². The standard InChI is InChI=1S/C12H10BrF6NO/c1-7(8-5-3-2-4-6-8)20-9(21)10(13,11(14,15)16)12(17,18)19/h2-7H,1H3,(H,20,21)/t7-/m0/s1. The number of rotatable bonds is 3. The molecule has 0 aliphatic carbocycles. The van der Waals surface area contributed by atoms with E-state index in [0.717, 1.165) is 0 Å². The lowest BCUT2D eigenvalue weighted by Crippen LogP contribution is -2.61. The first-order valence-electron chi connectivity index (χ1n) is 5.59. The summed E-state index contributed by atoms with van der Waals surface area (Å²) in [4.78, 5) is 11.5. The van der Waals surface area contributed by atoms with Crippen LogP contribution in [0.1, 0.15) is 18.5 Å². The highest BCUT2D eigenvalue weighted by molar-refractivity contribution is 9.10. The second-order valence-electron chi connectivity index (χ2n) is 4.26. The summed E-state index contributed by atoms with van der Waals surface area (Å²) >= 11 is 1.53. The first kappa shape index (κ1) is 17.8. The Morgan fingerprint density at radius 3 is 1.86 bits per heavy atom. The summed E-state index contributed by atoms with van der Waals surface area (Å²) in [5.74, 6) is -2.21. The number of carbonyl (C=O) groups is 1. The van der Waals surface area contributed by atoms with Gasteiger partial charge >= 0.3 is 12.4 Å². The van der Waals surface area contributed by atoms with Gasteiger partial charge in [0.2, 0.25) is 0 Å². The van der Waals surface area contributed by atoms with E-state index in [4.69, 9.17) is 0 Å². The highest BCUT2D eigenvalue weighted by atomic mass is 79.9. The molecule has 0 aromatic heterocycles. The third kappa shape index (κ3) is 3.50. The predicted molar refractivity (Wildman–Crippen MR) is 66.8 cm³/mol. The highest BCUT2D eigenvalue weighted by Gasteiger charge is 2.74. The first-order valence-corrected chi connectivity index (χ1v) is 6.39. The molecule has 1 N–H and O–H groups in total. The van der Waals surface area contributed by atoms with Crippen LogP contribution in [0.3, 0.4) is 0 Å². The Morgan fingerprint density at radius 1 is 1.05 bits per heavy atom. The van der Waals surface area contributed by atoms with E-state index in [2.05, 4.69) is 0 Å². The molecule has 2 nitrogen and oxygen atoms in total. The smallest absolute Gasteiger partial charge is 0.348 e. The van der Waals surface area contributed by atoms with Crippen LogP contribution >= 0.6 is 15.9 Å². The van der Waals surface area contributed by atoms with Gasteiger partial charge < -0.3 is 5.32 Å². The van der Waals surface area contributed by atoms with Gasteiger partial charge in [0.1, 0.15) is 0 Å². The quantitative estimate of drug-likeness (QED) is 0.622. The monoisotopic (exact) mass is 377 g/mol. The molecule has 1 aromatic carbocycles. The van der Waals surface area contributed by atoms with Crippen molar-refractivity contribution >= 4 is 21.8 Å². The number of hydrogen-bond donors (Lipinski definition) is 1. The van der Waals surface area contributed by atoms with E-state index >= 15 is 0 Å². The summed E-state index contributed by atoms with van der Waals surface area (Å²) in [5.41, 5.74) is 0.380. The molecule has 118 valence electrons. The lowest BCUT2D eigenvalue weighted by atomic mass is 10.0. The van der Waals surface area contributed by atoms with Crippen molar-refractivity contribution in [2.45, 2.75) is 29.6 Å². The van der Waals surface area contributed by atoms with Crippen LogP contribution < -0.4 is 5.32 Å². The zero-order chi connectivity index (χ0) is 16.5. The van der Waals surface area contributed by atoms with Crippen LogP contribution in [0.25, 0.3) is 0 Å². The molecule has 1 rings (SSSR count). The number of hydrogen-bond acceptors (Lipinski definition) is 1. The van der Waals surface area contributed by atoms with E-state index in [1.54, 1.807) is 23.5 Å². The first-order chi connectivity index (χ1) is 9.41. The van der Waals surface area contributed by atoms with Gasteiger partial charge in [0.05, 0.1) is 6.04 Å². The van der Waals surface area contributed by atoms with E-state index in [0.29, 0.717) is 5.56 Å². The van der Waals surface area contributed by atoms with Crippen molar-refractivity contribution in [1.82, 2.24) is 5.32 Å². The fourth-order valence-corrected chi connectivity index (χ4v) is 1.65. The number of carbonyl (C=O) groups excluding carboxylic acids is 1. The SMILES string of the molecule is C[C@H](NC(=O)C(Br)(C(F)(F)F)C(F)(F)F)c1ccccc1. The maximum absolute atomic E-state index is 12.7. The van der Waals surface area contributed by atoms with Crippen LogP contribution in [0.5, 0.6) is 0 Å². The van der Waals surface area contributed by atoms with Crippen LogP contribution in [-0.4, -0.2) is 22.6 Å². The Morgan fingerprint density at radius 2 is 1.48 bits per heavy atom. The largest absolute Gasteiger partial charge is 0.421 e. The van der Waals surface area contributed by atoms with Crippen molar-refractivity contribution < 1.29 is 31.1 Å². The van der Waals surface area contributed by atoms with Crippen molar-refractivity contribution in [3.8, 4) is 0 Å². The molecule has 1 amide bonds. The molecule has 0 aliphatic heterocycles. The zero-order valence-electron chi connectivity index (χ0n) is 10.5. The van der Waals surface area contributed by atoms with Crippen LogP contribution in [-0.2, 0) is 4.79 Å². The van der Waals surface area contributed by atoms with E-state index in [9.17, 15) is 31.1 Å². The number of nitrogens with one attached hydrogen (secondary N) is 1. The summed E-state index contributed by atoms with van der Waals surface area (Å²) in [6.07, 6.45) is -11.7. The highest BCUT2D eigenvalue weighted by Crippen LogP contribution is 2.49. The van der Waals surface area contributed by atoms with Crippen molar-refractivity contribution in [1.29, 1.82) is 0 Å². The van der Waals surface area contributed by atoms with Gasteiger partial charge in [-0.25, -0.2) is 0 Å². The maximum Gasteiger partial charge on any atom is 0.421 e.